The van der Waals surface area contributed by atoms with Crippen molar-refractivity contribution >= 4 is 12.0 Å². The van der Waals surface area contributed by atoms with E-state index in [0.29, 0.717) is 13.1 Å². The average Bonchev–Trinajstić information content (AvgIpc) is 2.11. The molecule has 0 aromatic heterocycles. The lowest BCUT2D eigenvalue weighted by Gasteiger charge is -2.23. The number of hydrogen-bond donors (Lipinski definition) is 2. The van der Waals surface area contributed by atoms with Crippen LogP contribution in [0.4, 0.5) is 4.79 Å². The van der Waals surface area contributed by atoms with Crippen LogP contribution in [0, 0.1) is 0 Å². The molecule has 0 aliphatic rings. The zero-order valence-corrected chi connectivity index (χ0v) is 8.78. The van der Waals surface area contributed by atoms with Crippen LogP contribution in [-0.4, -0.2) is 67.7 Å². The Bertz CT molecular complexity index is 208. The third-order valence-electron chi connectivity index (χ3n) is 1.72. The van der Waals surface area contributed by atoms with Crippen LogP contribution in [0.25, 0.3) is 0 Å². The van der Waals surface area contributed by atoms with E-state index in [0.717, 1.165) is 4.90 Å². The number of aliphatic carboxylic acids is 1. The smallest absolute Gasteiger partial charge is 0.323 e. The Morgan fingerprint density at radius 2 is 1.86 bits per heavy atom. The highest BCUT2D eigenvalue weighted by Gasteiger charge is 2.15. The second-order valence-electron chi connectivity index (χ2n) is 3.06. The van der Waals surface area contributed by atoms with Crippen molar-refractivity contribution in [2.75, 3.05) is 40.8 Å². The molecule has 0 aromatic rings. The largest absolute Gasteiger partial charge is 0.480 e. The molecule has 0 aromatic carbocycles. The van der Waals surface area contributed by atoms with E-state index < -0.39 is 5.97 Å². The molecular weight excluding hydrogens is 186 g/mol. The molecule has 0 spiro atoms. The van der Waals surface area contributed by atoms with Gasteiger partial charge in [-0.2, -0.15) is 0 Å². The van der Waals surface area contributed by atoms with Crippen LogP contribution in [0.3, 0.4) is 0 Å². The van der Waals surface area contributed by atoms with Gasteiger partial charge in [-0.1, -0.05) is 0 Å². The topological polar surface area (TPSA) is 72.9 Å². The van der Waals surface area contributed by atoms with Gasteiger partial charge < -0.3 is 20.2 Å². The van der Waals surface area contributed by atoms with E-state index in [4.69, 9.17) is 5.11 Å². The highest BCUT2D eigenvalue weighted by molar-refractivity contribution is 5.79. The number of likely N-dealkylation sites (N-methyl/N-ethyl adjacent to an activating group) is 3. The first kappa shape index (κ1) is 12.7. The molecule has 6 nitrogen and oxygen atoms in total. The van der Waals surface area contributed by atoms with Crippen molar-refractivity contribution in [1.82, 2.24) is 15.1 Å². The van der Waals surface area contributed by atoms with E-state index in [1.165, 1.54) is 11.9 Å². The van der Waals surface area contributed by atoms with Gasteiger partial charge in [0.2, 0.25) is 0 Å². The number of amides is 2. The number of urea groups is 1. The highest BCUT2D eigenvalue weighted by Crippen LogP contribution is 1.92. The Hall–Kier alpha value is -1.30. The van der Waals surface area contributed by atoms with Crippen LogP contribution in [0.15, 0.2) is 0 Å². The molecule has 2 amide bonds. The molecule has 82 valence electrons. The maximum absolute atomic E-state index is 11.4. The third-order valence-corrected chi connectivity index (χ3v) is 1.72. The summed E-state index contributed by atoms with van der Waals surface area (Å²) in [6.45, 7) is 0.963. The van der Waals surface area contributed by atoms with E-state index in [1.807, 2.05) is 0 Å². The minimum Gasteiger partial charge on any atom is -0.480 e. The van der Waals surface area contributed by atoms with Crippen molar-refractivity contribution < 1.29 is 14.7 Å². The molecule has 0 saturated heterocycles. The van der Waals surface area contributed by atoms with Crippen LogP contribution >= 0.6 is 0 Å². The maximum Gasteiger partial charge on any atom is 0.323 e. The minimum absolute atomic E-state index is 0.275. The lowest BCUT2D eigenvalue weighted by Crippen LogP contribution is -2.43. The normalized spacial score (nSPS) is 9.64. The number of carboxylic acids is 1. The molecule has 0 bridgehead atoms. The fourth-order valence-electron chi connectivity index (χ4n) is 0.937. The summed E-state index contributed by atoms with van der Waals surface area (Å²) >= 11 is 0. The zero-order valence-electron chi connectivity index (χ0n) is 8.78. The summed E-state index contributed by atoms with van der Waals surface area (Å²) in [4.78, 5) is 24.4. The van der Waals surface area contributed by atoms with Crippen molar-refractivity contribution in [2.45, 2.75) is 0 Å². The van der Waals surface area contributed by atoms with Crippen molar-refractivity contribution in [3.63, 3.8) is 0 Å². The summed E-state index contributed by atoms with van der Waals surface area (Å²) in [6.07, 6.45) is 0. The van der Waals surface area contributed by atoms with Gasteiger partial charge in [0.15, 0.2) is 0 Å². The van der Waals surface area contributed by atoms with Gasteiger partial charge in [0, 0.05) is 27.2 Å². The van der Waals surface area contributed by atoms with Crippen LogP contribution in [0.5, 0.6) is 0 Å². The number of carboxylic acid groups (broad SMARTS) is 1. The molecule has 2 N–H and O–H groups in total. The van der Waals surface area contributed by atoms with Crippen molar-refractivity contribution in [3.05, 3.63) is 0 Å². The van der Waals surface area contributed by atoms with E-state index in [-0.39, 0.29) is 12.6 Å². The quantitative estimate of drug-likeness (QED) is 0.618. The van der Waals surface area contributed by atoms with Gasteiger partial charge in [-0.3, -0.25) is 4.79 Å². The molecule has 0 aliphatic heterocycles. The average molecular weight is 203 g/mol. The number of rotatable bonds is 5. The fraction of sp³-hybridized carbons (Fsp3) is 0.750. The lowest BCUT2D eigenvalue weighted by atomic mass is 10.5. The summed E-state index contributed by atoms with van der Waals surface area (Å²) in [5.74, 6) is -1.01. The Morgan fingerprint density at radius 3 is 2.29 bits per heavy atom. The molecule has 0 saturated carbocycles. The number of nitrogens with one attached hydrogen (secondary N) is 1. The number of hydrogen-bond acceptors (Lipinski definition) is 3. The van der Waals surface area contributed by atoms with Gasteiger partial charge >= 0.3 is 12.0 Å². The van der Waals surface area contributed by atoms with Gasteiger partial charge in [0.25, 0.3) is 0 Å². The van der Waals surface area contributed by atoms with Crippen LogP contribution in [0.2, 0.25) is 0 Å². The molecule has 0 fully saturated rings. The predicted molar refractivity (Wildman–Crippen MR) is 52.2 cm³/mol. The van der Waals surface area contributed by atoms with Gasteiger partial charge in [-0.05, 0) is 7.05 Å². The van der Waals surface area contributed by atoms with Crippen LogP contribution in [-0.2, 0) is 4.79 Å². The van der Waals surface area contributed by atoms with Crippen molar-refractivity contribution in [2.24, 2.45) is 0 Å². The Kier molecular flexibility index (Phi) is 5.62. The molecule has 6 heteroatoms. The van der Waals surface area contributed by atoms with Crippen LogP contribution in [0.1, 0.15) is 0 Å². The molecule has 0 rings (SSSR count). The van der Waals surface area contributed by atoms with E-state index in [2.05, 4.69) is 5.32 Å². The summed E-state index contributed by atoms with van der Waals surface area (Å²) in [6, 6.07) is -0.289. The Morgan fingerprint density at radius 1 is 1.29 bits per heavy atom. The highest BCUT2D eigenvalue weighted by atomic mass is 16.4. The third kappa shape index (κ3) is 4.66. The first-order valence-corrected chi connectivity index (χ1v) is 4.31. The Balaban J connectivity index is 3.97. The van der Waals surface area contributed by atoms with Gasteiger partial charge in [0.05, 0.1) is 0 Å². The first-order valence-electron chi connectivity index (χ1n) is 4.31. The van der Waals surface area contributed by atoms with Gasteiger partial charge in [-0.25, -0.2) is 4.79 Å². The summed E-state index contributed by atoms with van der Waals surface area (Å²) in [5.41, 5.74) is 0. The second-order valence-corrected chi connectivity index (χ2v) is 3.06. The van der Waals surface area contributed by atoms with E-state index in [1.54, 1.807) is 14.1 Å². The standard InChI is InChI=1S/C8H17N3O3/c1-9-4-5-10(2)8(14)11(3)6-7(12)13/h9H,4-6H2,1-3H3,(H,12,13). The molecule has 0 radical (unpaired) electrons. The molecular formula is C8H17N3O3. The summed E-state index contributed by atoms with van der Waals surface area (Å²) < 4.78 is 0. The molecule has 0 atom stereocenters. The Labute approximate surface area is 83.5 Å². The minimum atomic E-state index is -1.01. The number of carbonyl (C=O) groups is 2. The summed E-state index contributed by atoms with van der Waals surface area (Å²) in [5, 5.41) is 11.4. The van der Waals surface area contributed by atoms with Gasteiger partial charge in [0.1, 0.15) is 6.54 Å². The molecule has 0 heterocycles. The lowest BCUT2D eigenvalue weighted by molar-refractivity contribution is -0.137. The number of nitrogens with zero attached hydrogens (tertiary/aromatic N) is 2. The molecule has 14 heavy (non-hydrogen) atoms. The number of carbonyl (C=O) groups excluding carboxylic acids is 1. The maximum atomic E-state index is 11.4. The van der Waals surface area contributed by atoms with E-state index >= 15 is 0 Å². The monoisotopic (exact) mass is 203 g/mol. The van der Waals surface area contributed by atoms with E-state index in [9.17, 15) is 9.59 Å². The molecule has 0 unspecified atom stereocenters. The van der Waals surface area contributed by atoms with Gasteiger partial charge in [-0.15, -0.1) is 0 Å². The van der Waals surface area contributed by atoms with Crippen molar-refractivity contribution in [3.8, 4) is 0 Å². The zero-order chi connectivity index (χ0) is 11.1. The van der Waals surface area contributed by atoms with Crippen molar-refractivity contribution in [1.29, 1.82) is 0 Å². The molecule has 0 aliphatic carbocycles. The predicted octanol–water partition coefficient (Wildman–Crippen LogP) is -0.726. The fourth-order valence-corrected chi connectivity index (χ4v) is 0.937. The first-order chi connectivity index (χ1) is 6.49. The second kappa shape index (κ2) is 6.20. The SMILES string of the molecule is CNCCN(C)C(=O)N(C)CC(=O)O. The summed E-state index contributed by atoms with van der Waals surface area (Å²) in [7, 11) is 4.89. The van der Waals surface area contributed by atoms with Crippen LogP contribution < -0.4 is 5.32 Å².